The van der Waals surface area contributed by atoms with Crippen LogP contribution in [-0.4, -0.2) is 58.4 Å². The van der Waals surface area contributed by atoms with Crippen LogP contribution in [0.1, 0.15) is 58.8 Å². The van der Waals surface area contributed by atoms with Crippen LogP contribution >= 0.6 is 0 Å². The molecule has 0 amide bonds. The third-order valence-corrected chi connectivity index (χ3v) is 6.81. The minimum atomic E-state index is -3.28. The van der Waals surface area contributed by atoms with E-state index in [0.717, 1.165) is 38.5 Å². The fraction of sp³-hybridized carbons (Fsp3) is 0.895. The Bertz CT molecular complexity index is 611. The molecular weight excluding hydrogens is 380 g/mol. The van der Waals surface area contributed by atoms with Gasteiger partial charge in [-0.25, -0.2) is 13.1 Å². The molecule has 0 heterocycles. The maximum absolute atomic E-state index is 12.1. The summed E-state index contributed by atoms with van der Waals surface area (Å²) in [6.07, 6.45) is 6.78. The molecule has 0 spiro atoms. The van der Waals surface area contributed by atoms with Gasteiger partial charge in [-0.05, 0) is 58.3 Å². The van der Waals surface area contributed by atoms with E-state index in [4.69, 9.17) is 4.74 Å². The highest BCUT2D eigenvalue weighted by Crippen LogP contribution is 2.26. The average molecular weight is 417 g/mol. The van der Waals surface area contributed by atoms with Gasteiger partial charge in [0.25, 0.3) is 0 Å². The third kappa shape index (κ3) is 7.95. The van der Waals surface area contributed by atoms with Crippen molar-refractivity contribution in [2.45, 2.75) is 64.8 Å². The Labute approximate surface area is 169 Å². The number of hydrogen-bond donors (Lipinski definition) is 3. The molecule has 0 saturated heterocycles. The van der Waals surface area contributed by atoms with Gasteiger partial charge in [-0.2, -0.15) is 0 Å². The van der Waals surface area contributed by atoms with Crippen LogP contribution in [0.25, 0.3) is 0 Å². The Morgan fingerprint density at radius 3 is 2.39 bits per heavy atom. The summed E-state index contributed by atoms with van der Waals surface area (Å²) in [5.74, 6) is 1.02. The lowest BCUT2D eigenvalue weighted by atomic mass is 9.86. The Morgan fingerprint density at radius 2 is 1.82 bits per heavy atom. The van der Waals surface area contributed by atoms with Gasteiger partial charge < -0.3 is 15.4 Å². The van der Waals surface area contributed by atoms with Gasteiger partial charge >= 0.3 is 5.97 Å². The molecule has 0 unspecified atom stereocenters. The minimum absolute atomic E-state index is 0.00804. The first kappa shape index (κ1) is 22.9. The van der Waals surface area contributed by atoms with E-state index in [0.29, 0.717) is 31.6 Å². The molecule has 0 aromatic heterocycles. The number of rotatable bonds is 10. The fourth-order valence-electron chi connectivity index (χ4n) is 3.54. The van der Waals surface area contributed by atoms with Crippen LogP contribution < -0.4 is 15.4 Å². The number of aliphatic imine (C=N–C) groups is 1. The highest BCUT2D eigenvalue weighted by Gasteiger charge is 2.27. The zero-order valence-corrected chi connectivity index (χ0v) is 18.0. The van der Waals surface area contributed by atoms with Gasteiger partial charge in [0.15, 0.2) is 5.96 Å². The normalized spacial score (nSPS) is 23.7. The lowest BCUT2D eigenvalue weighted by molar-refractivity contribution is -0.149. The summed E-state index contributed by atoms with van der Waals surface area (Å²) < 4.78 is 32.0. The van der Waals surface area contributed by atoms with Crippen molar-refractivity contribution in [2.24, 2.45) is 16.8 Å². The summed E-state index contributed by atoms with van der Waals surface area (Å²) in [4.78, 5) is 16.3. The van der Waals surface area contributed by atoms with Crippen molar-refractivity contribution in [3.8, 4) is 0 Å². The number of hydrogen-bond acceptors (Lipinski definition) is 5. The molecule has 3 N–H and O–H groups in total. The Morgan fingerprint density at radius 1 is 1.11 bits per heavy atom. The van der Waals surface area contributed by atoms with Gasteiger partial charge in [-0.15, -0.1) is 0 Å². The first-order valence-corrected chi connectivity index (χ1v) is 12.3. The molecule has 0 aromatic carbocycles. The van der Waals surface area contributed by atoms with Crippen LogP contribution in [0.4, 0.5) is 0 Å². The minimum Gasteiger partial charge on any atom is -0.466 e. The second kappa shape index (κ2) is 11.6. The topological polar surface area (TPSA) is 109 Å². The van der Waals surface area contributed by atoms with Crippen molar-refractivity contribution < 1.29 is 17.9 Å². The van der Waals surface area contributed by atoms with Crippen molar-refractivity contribution >= 4 is 22.0 Å². The molecule has 162 valence electrons. The number of ether oxygens (including phenoxy) is 1. The van der Waals surface area contributed by atoms with Crippen LogP contribution in [0, 0.1) is 11.8 Å². The zero-order chi connectivity index (χ0) is 20.4. The summed E-state index contributed by atoms with van der Waals surface area (Å²) in [7, 11) is -3.28. The van der Waals surface area contributed by atoms with Crippen LogP contribution in [0.2, 0.25) is 0 Å². The maximum Gasteiger partial charge on any atom is 0.308 e. The predicted octanol–water partition coefficient (Wildman–Crippen LogP) is 1.38. The van der Waals surface area contributed by atoms with E-state index in [2.05, 4.69) is 20.3 Å². The summed E-state index contributed by atoms with van der Waals surface area (Å²) in [5, 5.41) is 6.55. The van der Waals surface area contributed by atoms with Crippen molar-refractivity contribution in [3.05, 3.63) is 0 Å². The first-order chi connectivity index (χ1) is 13.4. The van der Waals surface area contributed by atoms with E-state index in [9.17, 15) is 13.2 Å². The number of nitrogens with one attached hydrogen (secondary N) is 3. The quantitative estimate of drug-likeness (QED) is 0.282. The number of carbonyl (C=O) groups excluding carboxylic acids is 1. The van der Waals surface area contributed by atoms with E-state index in [1.54, 1.807) is 0 Å². The summed E-state index contributed by atoms with van der Waals surface area (Å²) in [5.41, 5.74) is 0. The van der Waals surface area contributed by atoms with E-state index in [1.807, 2.05) is 13.8 Å². The van der Waals surface area contributed by atoms with Crippen LogP contribution in [-0.2, 0) is 19.6 Å². The average Bonchev–Trinajstić information content (AvgIpc) is 2.61. The largest absolute Gasteiger partial charge is 0.466 e. The lowest BCUT2D eigenvalue weighted by Gasteiger charge is -2.29. The predicted molar refractivity (Wildman–Crippen MR) is 111 cm³/mol. The Hall–Kier alpha value is -1.35. The highest BCUT2D eigenvalue weighted by atomic mass is 32.2. The van der Waals surface area contributed by atoms with E-state index in [1.165, 1.54) is 6.42 Å². The molecule has 9 heteroatoms. The van der Waals surface area contributed by atoms with E-state index >= 15 is 0 Å². The van der Waals surface area contributed by atoms with Crippen LogP contribution in [0.3, 0.4) is 0 Å². The van der Waals surface area contributed by atoms with Crippen LogP contribution in [0.5, 0.6) is 0 Å². The molecule has 0 bridgehead atoms. The zero-order valence-electron chi connectivity index (χ0n) is 17.2. The number of guanidine groups is 1. The highest BCUT2D eigenvalue weighted by molar-refractivity contribution is 7.89. The summed E-state index contributed by atoms with van der Waals surface area (Å²) >= 11 is 0. The molecule has 0 aromatic rings. The molecule has 2 aliphatic carbocycles. The van der Waals surface area contributed by atoms with Gasteiger partial charge in [-0.3, -0.25) is 9.79 Å². The number of carbonyl (C=O) groups is 1. The molecule has 0 atom stereocenters. The van der Waals surface area contributed by atoms with Crippen LogP contribution in [0.15, 0.2) is 4.99 Å². The molecule has 28 heavy (non-hydrogen) atoms. The lowest BCUT2D eigenvalue weighted by Crippen LogP contribution is -2.45. The van der Waals surface area contributed by atoms with E-state index < -0.39 is 10.0 Å². The monoisotopic (exact) mass is 416 g/mol. The first-order valence-electron chi connectivity index (χ1n) is 10.6. The van der Waals surface area contributed by atoms with Gasteiger partial charge in [0, 0.05) is 19.1 Å². The smallest absolute Gasteiger partial charge is 0.308 e. The van der Waals surface area contributed by atoms with Crippen molar-refractivity contribution in [1.29, 1.82) is 0 Å². The molecule has 0 aliphatic heterocycles. The summed E-state index contributed by atoms with van der Waals surface area (Å²) in [6.45, 7) is 5.70. The maximum atomic E-state index is 12.1. The Kier molecular flexibility index (Phi) is 9.50. The SMILES string of the molecule is CCNC(=NCCS(=O)(=O)NCC1CCC1)NC1CCC(C(=O)OCC)CC1. The number of nitrogens with zero attached hydrogens (tertiary/aromatic N) is 1. The number of esters is 1. The van der Waals surface area contributed by atoms with Crippen molar-refractivity contribution in [2.75, 3.05) is 32.0 Å². The van der Waals surface area contributed by atoms with Gasteiger partial charge in [0.1, 0.15) is 0 Å². The Balaban J connectivity index is 1.74. The van der Waals surface area contributed by atoms with Crippen molar-refractivity contribution in [3.63, 3.8) is 0 Å². The second-order valence-electron chi connectivity index (χ2n) is 7.67. The molecule has 0 radical (unpaired) electrons. The summed E-state index contributed by atoms with van der Waals surface area (Å²) in [6, 6.07) is 0.233. The third-order valence-electron chi connectivity index (χ3n) is 5.48. The van der Waals surface area contributed by atoms with Gasteiger partial charge in [0.05, 0.1) is 24.8 Å². The molecule has 2 aliphatic rings. The van der Waals surface area contributed by atoms with Gasteiger partial charge in [-0.1, -0.05) is 6.42 Å². The second-order valence-corrected chi connectivity index (χ2v) is 9.60. The molecule has 2 fully saturated rings. The molecule has 2 saturated carbocycles. The van der Waals surface area contributed by atoms with Crippen molar-refractivity contribution in [1.82, 2.24) is 15.4 Å². The standard InChI is InChI=1S/C19H36N4O4S/c1-3-20-19(21-12-13-28(25,26)22-14-15-6-5-7-15)23-17-10-8-16(9-11-17)18(24)27-4-2/h15-17,22H,3-14H2,1-2H3,(H2,20,21,23). The van der Waals surface area contributed by atoms with E-state index in [-0.39, 0.29) is 30.2 Å². The molecule has 2 rings (SSSR count). The number of sulfonamides is 1. The van der Waals surface area contributed by atoms with Gasteiger partial charge in [0.2, 0.25) is 10.0 Å². The molecular formula is C19H36N4O4S. The molecule has 8 nitrogen and oxygen atoms in total. The fourth-order valence-corrected chi connectivity index (χ4v) is 4.50.